The molecule has 0 aliphatic carbocycles. The predicted octanol–water partition coefficient (Wildman–Crippen LogP) is 8.31. The molecule has 32 heavy (non-hydrogen) atoms. The standard InChI is InChI=1S/C29H22OS2/c1-29(28(30)21-11-3-2-4-12-21)31-24-17-15-19-9-5-7-13-22(19)26(24)27-23-14-8-6-10-20(23)16-18-25(27)32-29/h2-18,28,30H,1H3/t28-/m0/s1. The summed E-state index contributed by atoms with van der Waals surface area (Å²) in [6.07, 6.45) is -0.615. The Labute approximate surface area is 196 Å². The zero-order chi connectivity index (χ0) is 21.7. The van der Waals surface area contributed by atoms with E-state index in [1.165, 1.54) is 42.5 Å². The van der Waals surface area contributed by atoms with Gasteiger partial charge in [-0.3, -0.25) is 0 Å². The number of aliphatic hydroxyl groups is 1. The highest BCUT2D eigenvalue weighted by molar-refractivity contribution is 8.18. The van der Waals surface area contributed by atoms with Gasteiger partial charge in [-0.05, 0) is 46.2 Å². The van der Waals surface area contributed by atoms with Crippen molar-refractivity contribution in [2.75, 3.05) is 0 Å². The fourth-order valence-electron chi connectivity index (χ4n) is 4.70. The van der Waals surface area contributed by atoms with Gasteiger partial charge in [0, 0.05) is 20.9 Å². The van der Waals surface area contributed by atoms with Crippen LogP contribution in [0.5, 0.6) is 0 Å². The molecule has 0 unspecified atom stereocenters. The molecule has 1 aliphatic heterocycles. The summed E-state index contributed by atoms with van der Waals surface area (Å²) >= 11 is 3.55. The van der Waals surface area contributed by atoms with Crippen LogP contribution in [0.1, 0.15) is 18.6 Å². The van der Waals surface area contributed by atoms with Crippen LogP contribution in [0.25, 0.3) is 32.7 Å². The van der Waals surface area contributed by atoms with Gasteiger partial charge in [0.2, 0.25) is 0 Å². The van der Waals surface area contributed by atoms with E-state index in [4.69, 9.17) is 0 Å². The Morgan fingerprint density at radius 1 is 0.594 bits per heavy atom. The number of rotatable bonds is 2. The van der Waals surface area contributed by atoms with E-state index >= 15 is 0 Å². The third-order valence-electron chi connectivity index (χ3n) is 6.27. The molecule has 156 valence electrons. The molecule has 1 N–H and O–H groups in total. The van der Waals surface area contributed by atoms with Crippen LogP contribution in [0.4, 0.5) is 0 Å². The largest absolute Gasteiger partial charge is 0.386 e. The highest BCUT2D eigenvalue weighted by Crippen LogP contribution is 2.60. The minimum atomic E-state index is -0.615. The maximum Gasteiger partial charge on any atom is 0.103 e. The molecule has 1 aliphatic rings. The molecule has 0 bridgehead atoms. The summed E-state index contributed by atoms with van der Waals surface area (Å²) in [6, 6.07) is 36.1. The van der Waals surface area contributed by atoms with Crippen LogP contribution in [-0.4, -0.2) is 9.19 Å². The van der Waals surface area contributed by atoms with E-state index in [1.54, 1.807) is 23.5 Å². The summed E-state index contributed by atoms with van der Waals surface area (Å²) in [6.45, 7) is 2.17. The monoisotopic (exact) mass is 450 g/mol. The van der Waals surface area contributed by atoms with Crippen molar-refractivity contribution in [3.05, 3.63) is 109 Å². The van der Waals surface area contributed by atoms with Gasteiger partial charge in [0.1, 0.15) is 6.10 Å². The van der Waals surface area contributed by atoms with Crippen molar-refractivity contribution in [2.45, 2.75) is 26.9 Å². The average molecular weight is 451 g/mol. The minimum absolute atomic E-state index is 0.480. The normalized spacial score (nSPS) is 15.7. The molecule has 6 rings (SSSR count). The Bertz CT molecular complexity index is 1370. The molecule has 5 aromatic carbocycles. The summed E-state index contributed by atoms with van der Waals surface area (Å²) in [7, 11) is 0. The first-order valence-electron chi connectivity index (χ1n) is 10.8. The first kappa shape index (κ1) is 19.9. The second-order valence-corrected chi connectivity index (χ2v) is 11.6. The smallest absolute Gasteiger partial charge is 0.103 e. The van der Waals surface area contributed by atoms with Crippen LogP contribution < -0.4 is 0 Å². The van der Waals surface area contributed by atoms with Gasteiger partial charge in [-0.2, -0.15) is 0 Å². The summed E-state index contributed by atoms with van der Waals surface area (Å²) in [5, 5.41) is 16.6. The number of aliphatic hydroxyl groups excluding tert-OH is 1. The summed E-state index contributed by atoms with van der Waals surface area (Å²) in [5.41, 5.74) is 3.49. The fraction of sp³-hybridized carbons (Fsp3) is 0.103. The Hall–Kier alpha value is -2.72. The number of benzene rings is 5. The minimum Gasteiger partial charge on any atom is -0.386 e. The highest BCUT2D eigenvalue weighted by Gasteiger charge is 2.40. The topological polar surface area (TPSA) is 20.2 Å². The maximum atomic E-state index is 11.6. The molecule has 0 amide bonds. The first-order valence-corrected chi connectivity index (χ1v) is 12.4. The zero-order valence-electron chi connectivity index (χ0n) is 17.7. The van der Waals surface area contributed by atoms with Crippen molar-refractivity contribution in [3.8, 4) is 11.1 Å². The molecule has 3 heteroatoms. The summed E-state index contributed by atoms with van der Waals surface area (Å²) in [5.74, 6) is 0. The molecule has 1 heterocycles. The predicted molar refractivity (Wildman–Crippen MR) is 138 cm³/mol. The molecule has 5 aromatic rings. The van der Waals surface area contributed by atoms with Gasteiger partial charge in [0.05, 0.1) is 4.08 Å². The Balaban J connectivity index is 1.67. The molecule has 0 saturated heterocycles. The van der Waals surface area contributed by atoms with Crippen molar-refractivity contribution >= 4 is 45.1 Å². The molecule has 1 nitrogen and oxygen atoms in total. The van der Waals surface area contributed by atoms with Gasteiger partial charge in [-0.25, -0.2) is 0 Å². The number of hydrogen-bond acceptors (Lipinski definition) is 3. The van der Waals surface area contributed by atoms with Crippen molar-refractivity contribution in [3.63, 3.8) is 0 Å². The second-order valence-electron chi connectivity index (χ2n) is 8.35. The van der Waals surface area contributed by atoms with Crippen LogP contribution in [0.3, 0.4) is 0 Å². The van der Waals surface area contributed by atoms with Gasteiger partial charge in [-0.1, -0.05) is 91.0 Å². The van der Waals surface area contributed by atoms with Crippen molar-refractivity contribution in [1.29, 1.82) is 0 Å². The molecule has 0 spiro atoms. The number of fused-ring (bicyclic) bond motifs is 7. The van der Waals surface area contributed by atoms with Gasteiger partial charge in [0.25, 0.3) is 0 Å². The zero-order valence-corrected chi connectivity index (χ0v) is 19.3. The van der Waals surface area contributed by atoms with Crippen LogP contribution in [0, 0.1) is 0 Å². The van der Waals surface area contributed by atoms with E-state index in [-0.39, 0.29) is 0 Å². The Morgan fingerprint density at radius 2 is 1.06 bits per heavy atom. The SMILES string of the molecule is CC1([C@@H](O)c2ccccc2)Sc2ccc3ccccc3c2-c2c(ccc3ccccc23)S1. The quantitative estimate of drug-likeness (QED) is 0.292. The molecular weight excluding hydrogens is 428 g/mol. The third kappa shape index (κ3) is 3.15. The van der Waals surface area contributed by atoms with E-state index < -0.39 is 10.2 Å². The van der Waals surface area contributed by atoms with E-state index in [9.17, 15) is 5.11 Å². The Morgan fingerprint density at radius 3 is 1.59 bits per heavy atom. The highest BCUT2D eigenvalue weighted by atomic mass is 32.2. The lowest BCUT2D eigenvalue weighted by Crippen LogP contribution is -2.25. The van der Waals surface area contributed by atoms with E-state index in [1.807, 2.05) is 30.3 Å². The van der Waals surface area contributed by atoms with Crippen LogP contribution in [0.15, 0.2) is 113 Å². The van der Waals surface area contributed by atoms with Gasteiger partial charge in [0.15, 0.2) is 0 Å². The van der Waals surface area contributed by atoms with Crippen molar-refractivity contribution in [2.24, 2.45) is 0 Å². The molecule has 0 saturated carbocycles. The average Bonchev–Trinajstić information content (AvgIpc) is 2.98. The maximum absolute atomic E-state index is 11.6. The second kappa shape index (κ2) is 7.70. The molecule has 1 atom stereocenters. The van der Waals surface area contributed by atoms with E-state index in [0.717, 1.165) is 5.56 Å². The number of hydrogen-bond donors (Lipinski definition) is 1. The molecular formula is C29H22OS2. The van der Waals surface area contributed by atoms with Crippen LogP contribution in [-0.2, 0) is 0 Å². The lowest BCUT2D eigenvalue weighted by molar-refractivity contribution is 0.169. The molecule has 0 radical (unpaired) electrons. The van der Waals surface area contributed by atoms with E-state index in [0.29, 0.717) is 0 Å². The summed E-state index contributed by atoms with van der Waals surface area (Å²) in [4.78, 5) is 2.42. The van der Waals surface area contributed by atoms with E-state index in [2.05, 4.69) is 79.7 Å². The Kier molecular flexibility index (Phi) is 4.80. The molecule has 0 aromatic heterocycles. The van der Waals surface area contributed by atoms with Gasteiger partial charge >= 0.3 is 0 Å². The van der Waals surface area contributed by atoms with Crippen LogP contribution >= 0.6 is 23.5 Å². The van der Waals surface area contributed by atoms with Gasteiger partial charge in [-0.15, -0.1) is 23.5 Å². The lowest BCUT2D eigenvalue weighted by atomic mass is 9.94. The fourth-order valence-corrected chi connectivity index (χ4v) is 7.67. The third-order valence-corrected chi connectivity index (χ3v) is 9.15. The number of thioether (sulfide) groups is 2. The van der Waals surface area contributed by atoms with Crippen LogP contribution in [0.2, 0.25) is 0 Å². The summed E-state index contributed by atoms with van der Waals surface area (Å²) < 4.78 is -0.480. The van der Waals surface area contributed by atoms with Crippen molar-refractivity contribution in [1.82, 2.24) is 0 Å². The van der Waals surface area contributed by atoms with Gasteiger partial charge < -0.3 is 5.11 Å². The van der Waals surface area contributed by atoms with Crippen molar-refractivity contribution < 1.29 is 5.11 Å². The molecule has 0 fully saturated rings. The lowest BCUT2D eigenvalue weighted by Gasteiger charge is -2.33. The first-order chi connectivity index (χ1) is 15.6.